The highest BCUT2D eigenvalue weighted by molar-refractivity contribution is 7.99. The summed E-state index contributed by atoms with van der Waals surface area (Å²) in [4.78, 5) is 8.10. The average molecular weight is 419 g/mol. The Morgan fingerprint density at radius 1 is 1.25 bits per heavy atom. The maximum absolute atomic E-state index is 5.87. The zero-order valence-corrected chi connectivity index (χ0v) is 17.9. The summed E-state index contributed by atoms with van der Waals surface area (Å²) >= 11 is 3.57. The third-order valence-corrected chi connectivity index (χ3v) is 6.59. The number of ether oxygens (including phenoxy) is 1. The Morgan fingerprint density at radius 2 is 2.04 bits per heavy atom. The lowest BCUT2D eigenvalue weighted by Crippen LogP contribution is -2.22. The van der Waals surface area contributed by atoms with Crippen LogP contribution in [0.1, 0.15) is 23.9 Å². The lowest BCUT2D eigenvalue weighted by molar-refractivity contribution is 0.269. The van der Waals surface area contributed by atoms with E-state index in [9.17, 15) is 0 Å². The van der Waals surface area contributed by atoms with E-state index in [4.69, 9.17) is 16.2 Å². The largest absolute Gasteiger partial charge is 0.494 e. The molecule has 150 valence electrons. The zero-order chi connectivity index (χ0) is 19.9. The highest BCUT2D eigenvalue weighted by Crippen LogP contribution is 2.29. The van der Waals surface area contributed by atoms with Crippen LogP contribution in [0.4, 0.5) is 0 Å². The molecule has 1 aromatic heterocycles. The van der Waals surface area contributed by atoms with Crippen LogP contribution in [-0.4, -0.2) is 52.9 Å². The van der Waals surface area contributed by atoms with Gasteiger partial charge in [0.1, 0.15) is 10.8 Å². The van der Waals surface area contributed by atoms with Crippen LogP contribution in [0.3, 0.4) is 0 Å². The molecular weight excluding hydrogens is 392 g/mol. The molecule has 0 bridgehead atoms. The van der Waals surface area contributed by atoms with Crippen molar-refractivity contribution in [1.29, 1.82) is 0 Å². The summed E-state index contributed by atoms with van der Waals surface area (Å²) in [5, 5.41) is 8.70. The van der Waals surface area contributed by atoms with Gasteiger partial charge < -0.3 is 16.2 Å². The number of nitrogens with two attached hydrogens (primary N) is 2. The molecule has 28 heavy (non-hydrogen) atoms. The maximum Gasteiger partial charge on any atom is 0.211 e. The lowest BCUT2D eigenvalue weighted by atomic mass is 10.2. The third-order valence-electron chi connectivity index (χ3n) is 4.26. The number of thiazole rings is 1. The molecule has 0 aliphatic carbocycles. The van der Waals surface area contributed by atoms with Crippen molar-refractivity contribution in [2.75, 3.05) is 31.3 Å². The number of hydrogen-bond donors (Lipinski definition) is 2. The summed E-state index contributed by atoms with van der Waals surface area (Å²) in [6, 6.07) is 8.07. The SMILES string of the molecule is C/C(=N\N=C(N)N)c1sc(-c2ccc(OCCCN3CCSC3)cc2)nc1C. The van der Waals surface area contributed by atoms with E-state index in [1.807, 2.05) is 49.9 Å². The van der Waals surface area contributed by atoms with Gasteiger partial charge in [0.25, 0.3) is 0 Å². The highest BCUT2D eigenvalue weighted by Gasteiger charge is 2.13. The van der Waals surface area contributed by atoms with Crippen LogP contribution in [-0.2, 0) is 0 Å². The molecule has 1 fully saturated rings. The molecular formula is C19H26N6OS2. The Morgan fingerprint density at radius 3 is 2.71 bits per heavy atom. The first kappa shape index (κ1) is 20.6. The van der Waals surface area contributed by atoms with Gasteiger partial charge in [-0.3, -0.25) is 4.90 Å². The molecule has 1 aromatic carbocycles. The topological polar surface area (TPSA) is 102 Å². The summed E-state index contributed by atoms with van der Waals surface area (Å²) in [7, 11) is 0. The molecule has 9 heteroatoms. The number of aromatic nitrogens is 1. The fourth-order valence-electron chi connectivity index (χ4n) is 2.83. The molecule has 4 N–H and O–H groups in total. The van der Waals surface area contributed by atoms with Gasteiger partial charge in [0.15, 0.2) is 0 Å². The fraction of sp³-hybridized carbons (Fsp3) is 0.421. The van der Waals surface area contributed by atoms with E-state index in [1.54, 1.807) is 11.3 Å². The molecule has 0 atom stereocenters. The van der Waals surface area contributed by atoms with Crippen LogP contribution in [0, 0.1) is 6.92 Å². The van der Waals surface area contributed by atoms with Gasteiger partial charge in [-0.2, -0.15) is 5.10 Å². The zero-order valence-electron chi connectivity index (χ0n) is 16.2. The van der Waals surface area contributed by atoms with Crippen molar-refractivity contribution in [3.63, 3.8) is 0 Å². The standard InChI is InChI=1S/C19H26N6OS2/c1-13-17(14(2)23-24-19(20)21)28-18(22-13)15-4-6-16(7-5-15)26-10-3-8-25-9-11-27-12-25/h4-7H,3,8-12H2,1-2H3,(H4,20,21,24)/b23-14+. The minimum absolute atomic E-state index is 0.0587. The molecule has 0 spiro atoms. The van der Waals surface area contributed by atoms with Gasteiger partial charge in [-0.25, -0.2) is 4.98 Å². The number of hydrogen-bond acceptors (Lipinski definition) is 7. The van der Waals surface area contributed by atoms with Gasteiger partial charge in [0, 0.05) is 30.3 Å². The van der Waals surface area contributed by atoms with Crippen LogP contribution >= 0.6 is 23.1 Å². The second-order valence-electron chi connectivity index (χ2n) is 6.53. The van der Waals surface area contributed by atoms with Gasteiger partial charge in [-0.1, -0.05) is 0 Å². The first-order valence-electron chi connectivity index (χ1n) is 9.17. The Labute approximate surface area is 173 Å². The molecule has 3 rings (SSSR count). The van der Waals surface area contributed by atoms with Gasteiger partial charge in [-0.05, 0) is 44.5 Å². The van der Waals surface area contributed by atoms with Crippen LogP contribution in [0.2, 0.25) is 0 Å². The molecule has 1 aliphatic heterocycles. The molecule has 2 heterocycles. The minimum Gasteiger partial charge on any atom is -0.494 e. The number of thioether (sulfide) groups is 1. The molecule has 2 aromatic rings. The number of rotatable bonds is 8. The summed E-state index contributed by atoms with van der Waals surface area (Å²) in [5.74, 6) is 3.23. The van der Waals surface area contributed by atoms with E-state index in [-0.39, 0.29) is 5.96 Å². The smallest absolute Gasteiger partial charge is 0.211 e. The molecule has 0 saturated carbocycles. The Bertz CT molecular complexity index is 837. The minimum atomic E-state index is -0.0587. The molecule has 0 amide bonds. The fourth-order valence-corrected chi connectivity index (χ4v) is 4.88. The average Bonchev–Trinajstić information content (AvgIpc) is 3.33. The van der Waals surface area contributed by atoms with E-state index < -0.39 is 0 Å². The first-order chi connectivity index (χ1) is 13.5. The highest BCUT2D eigenvalue weighted by atomic mass is 32.2. The Kier molecular flexibility index (Phi) is 7.30. The van der Waals surface area contributed by atoms with Crippen LogP contribution in [0.25, 0.3) is 10.6 Å². The molecule has 1 aliphatic rings. The van der Waals surface area contributed by atoms with E-state index >= 15 is 0 Å². The second kappa shape index (κ2) is 9.90. The molecule has 0 radical (unpaired) electrons. The summed E-state index contributed by atoms with van der Waals surface area (Å²) in [5.41, 5.74) is 13.4. The van der Waals surface area contributed by atoms with E-state index in [0.29, 0.717) is 0 Å². The van der Waals surface area contributed by atoms with Crippen molar-refractivity contribution in [1.82, 2.24) is 9.88 Å². The number of aryl methyl sites for hydroxylation is 1. The van der Waals surface area contributed by atoms with Gasteiger partial charge >= 0.3 is 0 Å². The summed E-state index contributed by atoms with van der Waals surface area (Å²) < 4.78 is 5.87. The van der Waals surface area contributed by atoms with Crippen LogP contribution < -0.4 is 16.2 Å². The van der Waals surface area contributed by atoms with Crippen molar-refractivity contribution in [3.05, 3.63) is 34.8 Å². The van der Waals surface area contributed by atoms with Crippen molar-refractivity contribution in [3.8, 4) is 16.3 Å². The number of guanidine groups is 1. The first-order valence-corrected chi connectivity index (χ1v) is 11.1. The normalized spacial score (nSPS) is 15.0. The van der Waals surface area contributed by atoms with E-state index in [2.05, 4.69) is 20.1 Å². The molecule has 0 unspecified atom stereocenters. The van der Waals surface area contributed by atoms with Gasteiger partial charge in [0.2, 0.25) is 5.96 Å². The van der Waals surface area contributed by atoms with Crippen molar-refractivity contribution in [2.45, 2.75) is 20.3 Å². The number of nitrogens with zero attached hydrogens (tertiary/aromatic N) is 4. The number of benzene rings is 1. The molecule has 1 saturated heterocycles. The maximum atomic E-state index is 5.87. The van der Waals surface area contributed by atoms with E-state index in [1.165, 1.54) is 12.3 Å². The van der Waals surface area contributed by atoms with Gasteiger partial charge in [-0.15, -0.1) is 28.2 Å². The predicted octanol–water partition coefficient (Wildman–Crippen LogP) is 2.89. The Hall–Kier alpha value is -2.10. The Balaban J connectivity index is 1.58. The van der Waals surface area contributed by atoms with Crippen molar-refractivity contribution >= 4 is 34.8 Å². The van der Waals surface area contributed by atoms with Crippen molar-refractivity contribution in [2.24, 2.45) is 21.7 Å². The second-order valence-corrected chi connectivity index (χ2v) is 8.60. The quantitative estimate of drug-likeness (QED) is 0.296. The van der Waals surface area contributed by atoms with Gasteiger partial charge in [0.05, 0.1) is 22.9 Å². The summed E-state index contributed by atoms with van der Waals surface area (Å²) in [6.07, 6.45) is 1.05. The monoisotopic (exact) mass is 418 g/mol. The third kappa shape index (κ3) is 5.70. The van der Waals surface area contributed by atoms with Crippen LogP contribution in [0.5, 0.6) is 5.75 Å². The lowest BCUT2D eigenvalue weighted by Gasteiger charge is -2.13. The van der Waals surface area contributed by atoms with Crippen LogP contribution in [0.15, 0.2) is 34.5 Å². The summed E-state index contributed by atoms with van der Waals surface area (Å²) in [6.45, 7) is 6.87. The predicted molar refractivity (Wildman–Crippen MR) is 119 cm³/mol. The van der Waals surface area contributed by atoms with Crippen molar-refractivity contribution < 1.29 is 4.74 Å². The van der Waals surface area contributed by atoms with E-state index in [0.717, 1.165) is 58.1 Å². The molecule has 7 nitrogen and oxygen atoms in total.